The number of amidine groups is 1. The molecule has 0 bridgehead atoms. The standard InChI is InChI=1S/C12H22ClN5/c1-5-18-10(12(13)9(3)16-18)7-17(4)8(2)6-11(14)15/h8H,5-7H2,1-4H3,(H3,14,15). The predicted molar refractivity (Wildman–Crippen MR) is 75.1 cm³/mol. The second-order valence-corrected chi connectivity index (χ2v) is 5.03. The topological polar surface area (TPSA) is 70.9 Å². The van der Waals surface area contributed by atoms with Crippen LogP contribution in [0.3, 0.4) is 0 Å². The first kappa shape index (κ1) is 15.0. The number of aromatic nitrogens is 2. The zero-order valence-corrected chi connectivity index (χ0v) is 12.3. The number of nitrogens with zero attached hydrogens (tertiary/aromatic N) is 3. The fourth-order valence-electron chi connectivity index (χ4n) is 1.89. The Bertz CT molecular complexity index is 426. The van der Waals surface area contributed by atoms with Crippen LogP contribution in [0, 0.1) is 12.3 Å². The first-order valence-corrected chi connectivity index (χ1v) is 6.49. The molecule has 0 spiro atoms. The van der Waals surface area contributed by atoms with Crippen LogP contribution in [0.25, 0.3) is 0 Å². The third kappa shape index (κ3) is 3.46. The lowest BCUT2D eigenvalue weighted by Crippen LogP contribution is -2.33. The Balaban J connectivity index is 2.80. The van der Waals surface area contributed by atoms with E-state index in [4.69, 9.17) is 22.7 Å². The van der Waals surface area contributed by atoms with Gasteiger partial charge in [0.2, 0.25) is 0 Å². The first-order valence-electron chi connectivity index (χ1n) is 6.11. The molecule has 0 saturated carbocycles. The van der Waals surface area contributed by atoms with E-state index in [9.17, 15) is 0 Å². The van der Waals surface area contributed by atoms with Crippen molar-refractivity contribution in [2.75, 3.05) is 7.05 Å². The third-order valence-electron chi connectivity index (χ3n) is 3.12. The van der Waals surface area contributed by atoms with Crippen molar-refractivity contribution in [2.24, 2.45) is 5.73 Å². The van der Waals surface area contributed by atoms with Crippen LogP contribution in [0.15, 0.2) is 0 Å². The van der Waals surface area contributed by atoms with E-state index in [0.29, 0.717) is 13.0 Å². The number of aryl methyl sites for hydroxylation is 2. The normalized spacial score (nSPS) is 13.0. The summed E-state index contributed by atoms with van der Waals surface area (Å²) in [7, 11) is 2.01. The van der Waals surface area contributed by atoms with Gasteiger partial charge in [0.25, 0.3) is 0 Å². The summed E-state index contributed by atoms with van der Waals surface area (Å²) >= 11 is 6.27. The van der Waals surface area contributed by atoms with E-state index in [1.165, 1.54) is 0 Å². The summed E-state index contributed by atoms with van der Waals surface area (Å²) in [6.45, 7) is 7.52. The van der Waals surface area contributed by atoms with E-state index < -0.39 is 0 Å². The average Bonchev–Trinajstić information content (AvgIpc) is 2.55. The van der Waals surface area contributed by atoms with Gasteiger partial charge in [-0.3, -0.25) is 15.0 Å². The minimum absolute atomic E-state index is 0.207. The lowest BCUT2D eigenvalue weighted by molar-refractivity contribution is 0.247. The number of hydrogen-bond acceptors (Lipinski definition) is 3. The van der Waals surface area contributed by atoms with Gasteiger partial charge in [-0.25, -0.2) is 0 Å². The molecule has 0 amide bonds. The fourth-order valence-corrected chi connectivity index (χ4v) is 2.08. The molecule has 0 aliphatic carbocycles. The Morgan fingerprint density at radius 2 is 2.22 bits per heavy atom. The molecule has 0 aliphatic heterocycles. The molecule has 1 aromatic rings. The summed E-state index contributed by atoms with van der Waals surface area (Å²) in [6.07, 6.45) is 0.563. The molecule has 1 aromatic heterocycles. The van der Waals surface area contributed by atoms with Gasteiger partial charge < -0.3 is 5.73 Å². The number of nitrogens with two attached hydrogens (primary N) is 1. The second-order valence-electron chi connectivity index (χ2n) is 4.66. The van der Waals surface area contributed by atoms with E-state index in [0.717, 1.165) is 23.0 Å². The molecule has 3 N–H and O–H groups in total. The zero-order valence-electron chi connectivity index (χ0n) is 11.5. The Hall–Kier alpha value is -1.07. The van der Waals surface area contributed by atoms with Crippen LogP contribution in [-0.2, 0) is 13.1 Å². The van der Waals surface area contributed by atoms with E-state index in [1.807, 2.05) is 25.6 Å². The number of nitrogens with one attached hydrogen (secondary N) is 1. The molecule has 18 heavy (non-hydrogen) atoms. The van der Waals surface area contributed by atoms with Gasteiger partial charge in [-0.2, -0.15) is 5.10 Å². The maximum Gasteiger partial charge on any atom is 0.0920 e. The molecular formula is C12H22ClN5. The Labute approximate surface area is 113 Å². The predicted octanol–water partition coefficient (Wildman–Crippen LogP) is 2.01. The van der Waals surface area contributed by atoms with E-state index in [2.05, 4.69) is 16.9 Å². The summed E-state index contributed by atoms with van der Waals surface area (Å²) in [5.41, 5.74) is 7.31. The van der Waals surface area contributed by atoms with Crippen molar-refractivity contribution in [3.05, 3.63) is 16.4 Å². The summed E-state index contributed by atoms with van der Waals surface area (Å²) in [4.78, 5) is 2.13. The van der Waals surface area contributed by atoms with Crippen LogP contribution in [-0.4, -0.2) is 33.6 Å². The van der Waals surface area contributed by atoms with Crippen LogP contribution in [0.5, 0.6) is 0 Å². The van der Waals surface area contributed by atoms with Crippen LogP contribution >= 0.6 is 11.6 Å². The van der Waals surface area contributed by atoms with Gasteiger partial charge in [-0.15, -0.1) is 0 Å². The summed E-state index contributed by atoms with van der Waals surface area (Å²) in [6, 6.07) is 0.207. The largest absolute Gasteiger partial charge is 0.388 e. The molecule has 1 atom stereocenters. The molecule has 1 unspecified atom stereocenters. The van der Waals surface area contributed by atoms with Crippen molar-refractivity contribution in [1.29, 1.82) is 5.41 Å². The summed E-state index contributed by atoms with van der Waals surface area (Å²) in [5, 5.41) is 12.5. The highest BCUT2D eigenvalue weighted by atomic mass is 35.5. The van der Waals surface area contributed by atoms with Gasteiger partial charge in [-0.05, 0) is 27.8 Å². The van der Waals surface area contributed by atoms with E-state index in [1.54, 1.807) is 0 Å². The molecule has 5 nitrogen and oxygen atoms in total. The number of hydrogen-bond donors (Lipinski definition) is 2. The zero-order chi connectivity index (χ0) is 13.9. The maximum absolute atomic E-state index is 7.33. The average molecular weight is 272 g/mol. The van der Waals surface area contributed by atoms with Crippen LogP contribution in [0.1, 0.15) is 31.7 Å². The highest BCUT2D eigenvalue weighted by Gasteiger charge is 2.17. The molecule has 102 valence electrons. The van der Waals surface area contributed by atoms with E-state index in [-0.39, 0.29) is 11.9 Å². The molecule has 0 aliphatic rings. The lowest BCUT2D eigenvalue weighted by atomic mass is 10.2. The fraction of sp³-hybridized carbons (Fsp3) is 0.667. The van der Waals surface area contributed by atoms with E-state index >= 15 is 0 Å². The van der Waals surface area contributed by atoms with Gasteiger partial charge >= 0.3 is 0 Å². The second kappa shape index (κ2) is 6.20. The van der Waals surface area contributed by atoms with Crippen LogP contribution in [0.4, 0.5) is 0 Å². The van der Waals surface area contributed by atoms with Gasteiger partial charge in [0.15, 0.2) is 0 Å². The highest BCUT2D eigenvalue weighted by Crippen LogP contribution is 2.22. The molecular weight excluding hydrogens is 250 g/mol. The molecule has 0 radical (unpaired) electrons. The first-order chi connectivity index (χ1) is 8.36. The number of halogens is 1. The molecule has 0 saturated heterocycles. The summed E-state index contributed by atoms with van der Waals surface area (Å²) < 4.78 is 1.93. The lowest BCUT2D eigenvalue weighted by Gasteiger charge is -2.24. The highest BCUT2D eigenvalue weighted by molar-refractivity contribution is 6.31. The maximum atomic E-state index is 7.33. The monoisotopic (exact) mass is 271 g/mol. The van der Waals surface area contributed by atoms with Crippen molar-refractivity contribution in [2.45, 2.75) is 46.3 Å². The molecule has 0 fully saturated rings. The van der Waals surface area contributed by atoms with Crippen LogP contribution < -0.4 is 5.73 Å². The van der Waals surface area contributed by atoms with Crippen molar-refractivity contribution >= 4 is 17.4 Å². The number of rotatable bonds is 6. The van der Waals surface area contributed by atoms with Gasteiger partial charge in [-0.1, -0.05) is 11.6 Å². The summed E-state index contributed by atoms with van der Waals surface area (Å²) in [5.74, 6) is 0.209. The van der Waals surface area contributed by atoms with Gasteiger partial charge in [0.1, 0.15) is 0 Å². The van der Waals surface area contributed by atoms with Gasteiger partial charge in [0, 0.05) is 25.6 Å². The van der Waals surface area contributed by atoms with Crippen molar-refractivity contribution in [1.82, 2.24) is 14.7 Å². The molecule has 1 heterocycles. The smallest absolute Gasteiger partial charge is 0.0920 e. The van der Waals surface area contributed by atoms with Crippen molar-refractivity contribution < 1.29 is 0 Å². The quantitative estimate of drug-likeness (QED) is 0.614. The van der Waals surface area contributed by atoms with Crippen LogP contribution in [0.2, 0.25) is 5.02 Å². The SMILES string of the molecule is CCn1nc(C)c(Cl)c1CN(C)C(C)CC(=N)N. The molecule has 1 rings (SSSR count). The van der Waals surface area contributed by atoms with Gasteiger partial charge in [0.05, 0.1) is 22.2 Å². The third-order valence-corrected chi connectivity index (χ3v) is 3.61. The minimum Gasteiger partial charge on any atom is -0.388 e. The molecule has 6 heteroatoms. The van der Waals surface area contributed by atoms with Crippen molar-refractivity contribution in [3.8, 4) is 0 Å². The Morgan fingerprint density at radius 3 is 2.72 bits per heavy atom. The van der Waals surface area contributed by atoms with Crippen molar-refractivity contribution in [3.63, 3.8) is 0 Å². The Morgan fingerprint density at radius 1 is 1.61 bits per heavy atom. The Kier molecular flexibility index (Phi) is 5.16. The minimum atomic E-state index is 0.207. The molecule has 0 aromatic carbocycles.